The molecule has 0 unspecified atom stereocenters. The van der Waals surface area contributed by atoms with Crippen molar-refractivity contribution in [3.63, 3.8) is 0 Å². The van der Waals surface area contributed by atoms with Gasteiger partial charge in [0.25, 0.3) is 0 Å². The van der Waals surface area contributed by atoms with Crippen LogP contribution >= 0.6 is 12.4 Å². The molecule has 1 aromatic heterocycles. The number of nitrogens with zero attached hydrogens (tertiary/aromatic N) is 3. The smallest absolute Gasteiger partial charge is 0.245 e. The van der Waals surface area contributed by atoms with Crippen molar-refractivity contribution in [2.45, 2.75) is 37.6 Å². The van der Waals surface area contributed by atoms with Gasteiger partial charge in [0, 0.05) is 33.0 Å². The second-order valence-electron chi connectivity index (χ2n) is 6.63. The van der Waals surface area contributed by atoms with Crippen LogP contribution in [0.4, 0.5) is 0 Å². The minimum absolute atomic E-state index is 0. The van der Waals surface area contributed by atoms with Crippen LogP contribution < -0.4 is 5.73 Å². The average Bonchev–Trinajstić information content (AvgIpc) is 2.98. The Hall–Kier alpha value is -0.670. The number of sulfonamides is 1. The summed E-state index contributed by atoms with van der Waals surface area (Å²) in [5.41, 5.74) is 5.42. The first kappa shape index (κ1) is 20.4. The first-order valence-electron chi connectivity index (χ1n) is 7.54. The van der Waals surface area contributed by atoms with Crippen LogP contribution in [0.1, 0.15) is 32.7 Å². The summed E-state index contributed by atoms with van der Waals surface area (Å²) in [6.07, 6.45) is 4.77. The fourth-order valence-electron chi connectivity index (χ4n) is 2.54. The van der Waals surface area contributed by atoms with E-state index >= 15 is 0 Å². The Bertz CT molecular complexity index is 597. The van der Waals surface area contributed by atoms with Crippen LogP contribution in [-0.4, -0.2) is 55.9 Å². The number of aromatic nitrogens is 2. The molecule has 2 rings (SSSR count). The first-order chi connectivity index (χ1) is 10.3. The van der Waals surface area contributed by atoms with E-state index in [2.05, 4.69) is 5.10 Å². The predicted molar refractivity (Wildman–Crippen MR) is 91.2 cm³/mol. The van der Waals surface area contributed by atoms with Crippen LogP contribution in [0.5, 0.6) is 0 Å². The molecular formula is C14H27ClN4O3S. The minimum atomic E-state index is -3.54. The van der Waals surface area contributed by atoms with Gasteiger partial charge >= 0.3 is 0 Å². The van der Waals surface area contributed by atoms with Gasteiger partial charge in [-0.25, -0.2) is 12.7 Å². The number of nitrogens with two attached hydrogens (primary N) is 1. The van der Waals surface area contributed by atoms with Crippen molar-refractivity contribution in [2.24, 2.45) is 11.1 Å². The predicted octanol–water partition coefficient (Wildman–Crippen LogP) is 1.26. The van der Waals surface area contributed by atoms with Crippen LogP contribution in [0, 0.1) is 5.41 Å². The molecule has 1 fully saturated rings. The summed E-state index contributed by atoms with van der Waals surface area (Å²) in [6.45, 7) is 6.08. The molecule has 0 radical (unpaired) electrons. The molecule has 0 aromatic carbocycles. The molecule has 0 atom stereocenters. The molecule has 1 aliphatic heterocycles. The molecule has 2 N–H and O–H groups in total. The molecular weight excluding hydrogens is 340 g/mol. The Morgan fingerprint density at radius 2 is 2.04 bits per heavy atom. The zero-order valence-corrected chi connectivity index (χ0v) is 15.6. The molecule has 2 heterocycles. The van der Waals surface area contributed by atoms with Gasteiger partial charge in [-0.2, -0.15) is 5.10 Å². The summed E-state index contributed by atoms with van der Waals surface area (Å²) >= 11 is 0. The van der Waals surface area contributed by atoms with Crippen molar-refractivity contribution < 1.29 is 13.2 Å². The normalized spacial score (nSPS) is 17.3. The lowest BCUT2D eigenvalue weighted by Gasteiger charge is -2.28. The highest BCUT2D eigenvalue weighted by Crippen LogP contribution is 2.24. The molecule has 0 amide bonds. The molecule has 7 nitrogen and oxygen atoms in total. The highest BCUT2D eigenvalue weighted by Gasteiger charge is 2.29. The van der Waals surface area contributed by atoms with Gasteiger partial charge in [0.1, 0.15) is 4.90 Å². The van der Waals surface area contributed by atoms with E-state index in [4.69, 9.17) is 10.5 Å². The van der Waals surface area contributed by atoms with E-state index in [1.165, 1.54) is 10.5 Å². The summed E-state index contributed by atoms with van der Waals surface area (Å²) in [5, 5.41) is 4.24. The van der Waals surface area contributed by atoms with Crippen molar-refractivity contribution >= 4 is 22.4 Å². The third-order valence-corrected chi connectivity index (χ3v) is 5.81. The fourth-order valence-corrected chi connectivity index (χ4v) is 3.84. The molecule has 0 spiro atoms. The van der Waals surface area contributed by atoms with Crippen LogP contribution in [0.25, 0.3) is 0 Å². The van der Waals surface area contributed by atoms with E-state index in [1.54, 1.807) is 17.9 Å². The molecule has 0 aliphatic carbocycles. The van der Waals surface area contributed by atoms with E-state index in [1.807, 2.05) is 13.8 Å². The van der Waals surface area contributed by atoms with Crippen LogP contribution in [-0.2, 0) is 14.8 Å². The molecule has 0 bridgehead atoms. The van der Waals surface area contributed by atoms with Gasteiger partial charge < -0.3 is 10.5 Å². The highest BCUT2D eigenvalue weighted by atomic mass is 35.5. The van der Waals surface area contributed by atoms with E-state index in [0.29, 0.717) is 26.3 Å². The minimum Gasteiger partial charge on any atom is -0.381 e. The lowest BCUT2D eigenvalue weighted by atomic mass is 9.94. The van der Waals surface area contributed by atoms with Gasteiger partial charge in [0.05, 0.1) is 12.2 Å². The average molecular weight is 367 g/mol. The van der Waals surface area contributed by atoms with E-state index in [-0.39, 0.29) is 28.8 Å². The van der Waals surface area contributed by atoms with E-state index in [9.17, 15) is 8.42 Å². The first-order valence-corrected chi connectivity index (χ1v) is 8.98. The molecule has 1 aliphatic rings. The third kappa shape index (κ3) is 4.90. The van der Waals surface area contributed by atoms with Crippen molar-refractivity contribution in [1.82, 2.24) is 14.1 Å². The fraction of sp³-hybridized carbons (Fsp3) is 0.786. The third-order valence-electron chi connectivity index (χ3n) is 4.05. The maximum Gasteiger partial charge on any atom is 0.245 e. The summed E-state index contributed by atoms with van der Waals surface area (Å²) in [7, 11) is -1.96. The van der Waals surface area contributed by atoms with Gasteiger partial charge in [-0.05, 0) is 24.8 Å². The standard InChI is InChI=1S/C14H26N4O3S.ClH/c1-14(2,10-15)11-17(3)22(19,20)13-8-16-18(9-13)12-4-6-21-7-5-12;/h8-9,12H,4-7,10-11,15H2,1-3H3;1H. The summed E-state index contributed by atoms with van der Waals surface area (Å²) in [4.78, 5) is 0.231. The molecule has 23 heavy (non-hydrogen) atoms. The maximum atomic E-state index is 12.6. The van der Waals surface area contributed by atoms with Crippen LogP contribution in [0.2, 0.25) is 0 Å². The monoisotopic (exact) mass is 366 g/mol. The Balaban J connectivity index is 0.00000264. The highest BCUT2D eigenvalue weighted by molar-refractivity contribution is 7.89. The Morgan fingerprint density at radius 3 is 2.61 bits per heavy atom. The number of halogens is 1. The Kier molecular flexibility index (Phi) is 7.03. The summed E-state index contributed by atoms with van der Waals surface area (Å²) in [6, 6.07) is 0.212. The SMILES string of the molecule is CN(CC(C)(C)CN)S(=O)(=O)c1cnn(C2CCOCC2)c1.Cl. The second-order valence-corrected chi connectivity index (χ2v) is 8.67. The number of ether oxygens (including phenoxy) is 1. The van der Waals surface area contributed by atoms with Crippen LogP contribution in [0.15, 0.2) is 17.3 Å². The van der Waals surface area contributed by atoms with Crippen molar-refractivity contribution in [3.05, 3.63) is 12.4 Å². The number of rotatable bonds is 6. The zero-order chi connectivity index (χ0) is 16.4. The molecule has 9 heteroatoms. The summed E-state index contributed by atoms with van der Waals surface area (Å²) < 4.78 is 33.7. The number of hydrogen-bond acceptors (Lipinski definition) is 5. The lowest BCUT2D eigenvalue weighted by molar-refractivity contribution is 0.0662. The van der Waals surface area contributed by atoms with Crippen molar-refractivity contribution in [3.8, 4) is 0 Å². The van der Waals surface area contributed by atoms with Gasteiger partial charge in [-0.1, -0.05) is 13.8 Å². The van der Waals surface area contributed by atoms with Gasteiger partial charge in [-0.15, -0.1) is 12.4 Å². The van der Waals surface area contributed by atoms with Crippen molar-refractivity contribution in [1.29, 1.82) is 0 Å². The molecule has 1 aromatic rings. The van der Waals surface area contributed by atoms with Crippen molar-refractivity contribution in [2.75, 3.05) is 33.4 Å². The van der Waals surface area contributed by atoms with Gasteiger partial charge in [0.15, 0.2) is 0 Å². The maximum absolute atomic E-state index is 12.6. The topological polar surface area (TPSA) is 90.5 Å². The molecule has 1 saturated heterocycles. The largest absolute Gasteiger partial charge is 0.381 e. The summed E-state index contributed by atoms with van der Waals surface area (Å²) in [5.74, 6) is 0. The van der Waals surface area contributed by atoms with E-state index < -0.39 is 10.0 Å². The van der Waals surface area contributed by atoms with Crippen LogP contribution in [0.3, 0.4) is 0 Å². The molecule has 0 saturated carbocycles. The molecule has 134 valence electrons. The number of hydrogen-bond donors (Lipinski definition) is 1. The lowest BCUT2D eigenvalue weighted by Crippen LogP contribution is -2.39. The van der Waals surface area contributed by atoms with Gasteiger partial charge in [0.2, 0.25) is 10.0 Å². The Labute approximate surface area is 144 Å². The van der Waals surface area contributed by atoms with Gasteiger partial charge in [-0.3, -0.25) is 4.68 Å². The Morgan fingerprint density at radius 1 is 1.43 bits per heavy atom. The zero-order valence-electron chi connectivity index (χ0n) is 13.9. The second kappa shape index (κ2) is 7.94. The quantitative estimate of drug-likeness (QED) is 0.818. The van der Waals surface area contributed by atoms with E-state index in [0.717, 1.165) is 12.8 Å².